The van der Waals surface area contributed by atoms with Gasteiger partial charge in [0, 0.05) is 13.5 Å². The minimum absolute atomic E-state index is 0.192. The topological polar surface area (TPSA) is 65.1 Å². The first-order valence-corrected chi connectivity index (χ1v) is 12.5. The van der Waals surface area contributed by atoms with E-state index in [0.717, 1.165) is 5.56 Å². The molecular weight excluding hydrogens is 460 g/mol. The number of amides is 1. The van der Waals surface area contributed by atoms with E-state index in [-0.39, 0.29) is 38.7 Å². The summed E-state index contributed by atoms with van der Waals surface area (Å²) >= 11 is 12.3. The molecule has 0 aliphatic rings. The van der Waals surface area contributed by atoms with Crippen LogP contribution in [-0.4, -0.2) is 30.7 Å². The van der Waals surface area contributed by atoms with E-state index in [1.807, 2.05) is 30.3 Å². The first-order chi connectivity index (χ1) is 14.8. The van der Waals surface area contributed by atoms with Crippen LogP contribution in [0, 0.1) is 0 Å². The highest BCUT2D eigenvalue weighted by Gasteiger charge is 2.37. The summed E-state index contributed by atoms with van der Waals surface area (Å²) in [6, 6.07) is 14.6. The van der Waals surface area contributed by atoms with Crippen LogP contribution >= 0.6 is 30.8 Å². The molecule has 0 aliphatic heterocycles. The first kappa shape index (κ1) is 25.9. The Labute approximate surface area is 193 Å². The SMILES string of the molecule is CCOP(=O)(OCC)C(CCN(OCc1ccccc1)C(C)=O)c1ccc(Cl)c(Cl)c1. The average molecular weight is 488 g/mol. The van der Waals surface area contributed by atoms with Gasteiger partial charge in [-0.1, -0.05) is 59.6 Å². The molecule has 0 N–H and O–H groups in total. The van der Waals surface area contributed by atoms with E-state index in [0.29, 0.717) is 15.6 Å². The summed E-state index contributed by atoms with van der Waals surface area (Å²) in [7, 11) is -3.55. The highest BCUT2D eigenvalue weighted by atomic mass is 35.5. The normalized spacial score (nSPS) is 12.5. The first-order valence-electron chi connectivity index (χ1n) is 10.1. The number of halogens is 2. The van der Waals surface area contributed by atoms with Gasteiger partial charge in [-0.15, -0.1) is 0 Å². The zero-order chi connectivity index (χ0) is 22.9. The monoisotopic (exact) mass is 487 g/mol. The van der Waals surface area contributed by atoms with Crippen LogP contribution in [-0.2, 0) is 29.9 Å². The van der Waals surface area contributed by atoms with Crippen molar-refractivity contribution in [3.8, 4) is 0 Å². The lowest BCUT2D eigenvalue weighted by molar-refractivity contribution is -0.189. The molecule has 0 spiro atoms. The third-order valence-electron chi connectivity index (χ3n) is 4.51. The quantitative estimate of drug-likeness (QED) is 0.247. The summed E-state index contributed by atoms with van der Waals surface area (Å²) < 4.78 is 24.8. The Hall–Kier alpha value is -1.40. The number of hydroxylamine groups is 2. The van der Waals surface area contributed by atoms with E-state index in [1.54, 1.807) is 32.0 Å². The molecule has 2 aromatic rings. The number of benzene rings is 2. The molecule has 170 valence electrons. The van der Waals surface area contributed by atoms with Crippen LogP contribution < -0.4 is 0 Å². The van der Waals surface area contributed by atoms with Crippen LogP contribution in [0.15, 0.2) is 48.5 Å². The highest BCUT2D eigenvalue weighted by Crippen LogP contribution is 2.62. The highest BCUT2D eigenvalue weighted by molar-refractivity contribution is 7.54. The number of hydrogen-bond acceptors (Lipinski definition) is 5. The van der Waals surface area contributed by atoms with Crippen molar-refractivity contribution >= 4 is 36.7 Å². The molecule has 0 aliphatic carbocycles. The van der Waals surface area contributed by atoms with Gasteiger partial charge >= 0.3 is 7.60 Å². The smallest absolute Gasteiger partial charge is 0.308 e. The zero-order valence-corrected chi connectivity index (χ0v) is 20.3. The zero-order valence-electron chi connectivity index (χ0n) is 17.9. The molecule has 2 rings (SSSR count). The Bertz CT molecular complexity index is 887. The third kappa shape index (κ3) is 7.60. The van der Waals surface area contributed by atoms with Crippen molar-refractivity contribution in [2.24, 2.45) is 0 Å². The average Bonchev–Trinajstić information content (AvgIpc) is 2.73. The van der Waals surface area contributed by atoms with Gasteiger partial charge in [-0.3, -0.25) is 14.2 Å². The fourth-order valence-corrected chi connectivity index (χ4v) is 5.50. The maximum Gasteiger partial charge on any atom is 0.338 e. The van der Waals surface area contributed by atoms with Crippen LogP contribution in [0.2, 0.25) is 10.0 Å². The van der Waals surface area contributed by atoms with Crippen LogP contribution in [0.4, 0.5) is 0 Å². The molecule has 0 fully saturated rings. The molecule has 0 bridgehead atoms. The minimum atomic E-state index is -3.55. The van der Waals surface area contributed by atoms with E-state index in [2.05, 4.69) is 0 Å². The summed E-state index contributed by atoms with van der Waals surface area (Å²) in [5, 5.41) is 2.00. The molecule has 0 heterocycles. The molecule has 0 saturated heterocycles. The molecule has 0 radical (unpaired) electrons. The van der Waals surface area contributed by atoms with Gasteiger partial charge in [0.2, 0.25) is 5.91 Å². The Balaban J connectivity index is 2.24. The predicted octanol–water partition coefficient (Wildman–Crippen LogP) is 6.67. The minimum Gasteiger partial charge on any atom is -0.308 e. The molecule has 1 amide bonds. The van der Waals surface area contributed by atoms with Crippen molar-refractivity contribution < 1.29 is 23.2 Å². The standard InChI is InChI=1S/C22H28Cl2NO5P/c1-4-29-31(27,30-5-2)22(19-11-12-20(23)21(24)15-19)13-14-25(17(3)26)28-16-18-9-7-6-8-10-18/h6-12,15,22H,4-5,13-14,16H2,1-3H3. The number of hydrogen-bond donors (Lipinski definition) is 0. The predicted molar refractivity (Wildman–Crippen MR) is 123 cm³/mol. The molecular formula is C22H28Cl2NO5P. The molecule has 9 heteroatoms. The van der Waals surface area contributed by atoms with Gasteiger partial charge in [-0.2, -0.15) is 0 Å². The largest absolute Gasteiger partial charge is 0.338 e. The summed E-state index contributed by atoms with van der Waals surface area (Å²) in [5.41, 5.74) is 0.944. The Morgan fingerprint density at radius 2 is 1.68 bits per heavy atom. The lowest BCUT2D eigenvalue weighted by Crippen LogP contribution is -2.31. The maximum atomic E-state index is 13.6. The van der Waals surface area contributed by atoms with E-state index in [9.17, 15) is 9.36 Å². The van der Waals surface area contributed by atoms with E-state index >= 15 is 0 Å². The van der Waals surface area contributed by atoms with Gasteiger partial charge in [0.25, 0.3) is 0 Å². The van der Waals surface area contributed by atoms with Crippen molar-refractivity contribution in [1.82, 2.24) is 5.06 Å². The van der Waals surface area contributed by atoms with Crippen molar-refractivity contribution in [3.05, 3.63) is 69.7 Å². The summed E-state index contributed by atoms with van der Waals surface area (Å²) in [6.45, 7) is 5.80. The molecule has 31 heavy (non-hydrogen) atoms. The number of rotatable bonds is 12. The van der Waals surface area contributed by atoms with Crippen molar-refractivity contribution in [2.75, 3.05) is 19.8 Å². The summed E-state index contributed by atoms with van der Waals surface area (Å²) in [5.74, 6) is -0.258. The Kier molecular flexibility index (Phi) is 10.5. The molecule has 1 atom stereocenters. The van der Waals surface area contributed by atoms with Crippen LogP contribution in [0.1, 0.15) is 44.0 Å². The second kappa shape index (κ2) is 12.6. The summed E-state index contributed by atoms with van der Waals surface area (Å²) in [4.78, 5) is 17.9. The van der Waals surface area contributed by atoms with Crippen molar-refractivity contribution in [3.63, 3.8) is 0 Å². The number of carbonyl (C=O) groups is 1. The van der Waals surface area contributed by atoms with Crippen molar-refractivity contribution in [2.45, 2.75) is 39.5 Å². The van der Waals surface area contributed by atoms with Crippen LogP contribution in [0.5, 0.6) is 0 Å². The lowest BCUT2D eigenvalue weighted by atomic mass is 10.1. The van der Waals surface area contributed by atoms with Gasteiger partial charge < -0.3 is 9.05 Å². The third-order valence-corrected chi connectivity index (χ3v) is 7.81. The Morgan fingerprint density at radius 1 is 1.03 bits per heavy atom. The number of carbonyl (C=O) groups excluding carboxylic acids is 1. The van der Waals surface area contributed by atoms with E-state index in [4.69, 9.17) is 37.1 Å². The fourth-order valence-electron chi connectivity index (χ4n) is 3.08. The number of nitrogens with zero attached hydrogens (tertiary/aromatic N) is 1. The molecule has 0 saturated carbocycles. The van der Waals surface area contributed by atoms with Crippen LogP contribution in [0.3, 0.4) is 0 Å². The Morgan fingerprint density at radius 3 is 2.23 bits per heavy atom. The van der Waals surface area contributed by atoms with Crippen LogP contribution in [0.25, 0.3) is 0 Å². The fraction of sp³-hybridized carbons (Fsp3) is 0.409. The van der Waals surface area contributed by atoms with Gasteiger partial charge in [0.1, 0.15) is 6.61 Å². The van der Waals surface area contributed by atoms with Gasteiger partial charge in [-0.05, 0) is 43.5 Å². The van der Waals surface area contributed by atoms with Gasteiger partial charge in [0.05, 0.1) is 28.9 Å². The van der Waals surface area contributed by atoms with Gasteiger partial charge in [0.15, 0.2) is 0 Å². The second-order valence-electron chi connectivity index (χ2n) is 6.73. The second-order valence-corrected chi connectivity index (χ2v) is 9.77. The van der Waals surface area contributed by atoms with E-state index in [1.165, 1.54) is 12.0 Å². The lowest BCUT2D eigenvalue weighted by Gasteiger charge is -2.29. The summed E-state index contributed by atoms with van der Waals surface area (Å²) in [6.07, 6.45) is 0.281. The molecule has 2 aromatic carbocycles. The van der Waals surface area contributed by atoms with Crippen molar-refractivity contribution in [1.29, 1.82) is 0 Å². The molecule has 1 unspecified atom stereocenters. The van der Waals surface area contributed by atoms with Gasteiger partial charge in [-0.25, -0.2) is 5.06 Å². The maximum absolute atomic E-state index is 13.6. The molecule has 6 nitrogen and oxygen atoms in total. The van der Waals surface area contributed by atoms with E-state index < -0.39 is 13.3 Å². The molecule has 0 aromatic heterocycles.